The van der Waals surface area contributed by atoms with Crippen LogP contribution in [0.15, 0.2) is 49.2 Å². The van der Waals surface area contributed by atoms with Crippen LogP contribution in [-0.4, -0.2) is 67.1 Å². The van der Waals surface area contributed by atoms with E-state index in [9.17, 15) is 8.78 Å². The first-order valence-corrected chi connectivity index (χ1v) is 13.1. The quantitative estimate of drug-likeness (QED) is 0.327. The standard InChI is InChI=1S/C28H28F2N8/c29-28(30)4-7-37(17-28)16-18-8-19(12-31-11-18)20-9-22-26(35-36-27(22)33-13-20)23-10-21-24(34-23)14-32-15-25(21)38-5-2-1-3-6-38/h8-15,34H,1-7,16-17H2,(H,33,35,36). The van der Waals surface area contributed by atoms with Gasteiger partial charge in [0.15, 0.2) is 5.65 Å². The molecule has 8 nitrogen and oxygen atoms in total. The van der Waals surface area contributed by atoms with Gasteiger partial charge in [-0.3, -0.25) is 20.0 Å². The summed E-state index contributed by atoms with van der Waals surface area (Å²) < 4.78 is 27.3. The van der Waals surface area contributed by atoms with Crippen molar-refractivity contribution in [3.63, 3.8) is 0 Å². The predicted octanol–water partition coefficient (Wildman–Crippen LogP) is 5.39. The highest BCUT2D eigenvalue weighted by Crippen LogP contribution is 2.35. The molecule has 2 N–H and O–H groups in total. The number of hydrogen-bond acceptors (Lipinski definition) is 6. The molecule has 0 aliphatic carbocycles. The molecule has 2 aliphatic rings. The van der Waals surface area contributed by atoms with Crippen LogP contribution in [0.2, 0.25) is 0 Å². The van der Waals surface area contributed by atoms with Gasteiger partial charge in [0.1, 0.15) is 5.69 Å². The summed E-state index contributed by atoms with van der Waals surface area (Å²) >= 11 is 0. The molecule has 0 aromatic carbocycles. The molecule has 7 heterocycles. The van der Waals surface area contributed by atoms with Crippen LogP contribution in [0.3, 0.4) is 0 Å². The lowest BCUT2D eigenvalue weighted by molar-refractivity contribution is 0.0115. The normalized spacial score (nSPS) is 18.1. The van der Waals surface area contributed by atoms with Crippen LogP contribution in [0.1, 0.15) is 31.2 Å². The molecule has 7 rings (SSSR count). The molecule has 194 valence electrons. The van der Waals surface area contributed by atoms with Gasteiger partial charge in [0.25, 0.3) is 5.92 Å². The summed E-state index contributed by atoms with van der Waals surface area (Å²) in [5.74, 6) is -2.61. The summed E-state index contributed by atoms with van der Waals surface area (Å²) in [7, 11) is 0. The molecule has 0 saturated carbocycles. The maximum atomic E-state index is 13.6. The Morgan fingerprint density at radius 1 is 0.868 bits per heavy atom. The number of aromatic nitrogens is 6. The lowest BCUT2D eigenvalue weighted by Crippen LogP contribution is -2.29. The molecule has 2 fully saturated rings. The lowest BCUT2D eigenvalue weighted by Gasteiger charge is -2.28. The summed E-state index contributed by atoms with van der Waals surface area (Å²) in [5, 5.41) is 9.68. The number of nitrogens with zero attached hydrogens (tertiary/aromatic N) is 6. The van der Waals surface area contributed by atoms with Crippen molar-refractivity contribution in [2.45, 2.75) is 38.2 Å². The Bertz CT molecular complexity index is 1620. The summed E-state index contributed by atoms with van der Waals surface area (Å²) in [6.45, 7) is 2.73. The molecule has 5 aromatic rings. The van der Waals surface area contributed by atoms with E-state index in [1.165, 1.54) is 19.3 Å². The molecule has 0 bridgehead atoms. The second kappa shape index (κ2) is 9.13. The van der Waals surface area contributed by atoms with E-state index in [4.69, 9.17) is 0 Å². The van der Waals surface area contributed by atoms with Crippen molar-refractivity contribution in [3.05, 3.63) is 54.7 Å². The van der Waals surface area contributed by atoms with Gasteiger partial charge in [0.2, 0.25) is 0 Å². The van der Waals surface area contributed by atoms with Gasteiger partial charge in [0, 0.05) is 73.1 Å². The molecule has 10 heteroatoms. The number of H-pyrrole nitrogens is 2. The van der Waals surface area contributed by atoms with E-state index in [0.29, 0.717) is 18.7 Å². The zero-order chi connectivity index (χ0) is 25.7. The molecular formula is C28H28F2N8. The third-order valence-electron chi connectivity index (χ3n) is 7.68. The van der Waals surface area contributed by atoms with Gasteiger partial charge in [-0.1, -0.05) is 0 Å². The number of fused-ring (bicyclic) bond motifs is 2. The first kappa shape index (κ1) is 23.2. The van der Waals surface area contributed by atoms with Gasteiger partial charge in [-0.15, -0.1) is 0 Å². The average molecular weight is 515 g/mol. The van der Waals surface area contributed by atoms with Crippen LogP contribution < -0.4 is 4.90 Å². The first-order chi connectivity index (χ1) is 18.5. The van der Waals surface area contributed by atoms with Crippen molar-refractivity contribution in [1.82, 2.24) is 35.0 Å². The SMILES string of the molecule is FC1(F)CCN(Cc2cncc(-c3cnc4[nH]nc(-c5cc6c(N7CCCCC7)cncc6[nH]5)c4c3)c2)C1. The van der Waals surface area contributed by atoms with E-state index in [1.807, 2.05) is 18.5 Å². The maximum absolute atomic E-state index is 13.6. The van der Waals surface area contributed by atoms with Crippen molar-refractivity contribution in [2.75, 3.05) is 31.1 Å². The highest BCUT2D eigenvalue weighted by molar-refractivity contribution is 5.99. The van der Waals surface area contributed by atoms with Gasteiger partial charge < -0.3 is 9.88 Å². The van der Waals surface area contributed by atoms with E-state index in [2.05, 4.69) is 47.2 Å². The number of anilines is 1. The number of alkyl halides is 2. The summed E-state index contributed by atoms with van der Waals surface area (Å²) in [6, 6.07) is 6.21. The van der Waals surface area contributed by atoms with Crippen molar-refractivity contribution in [3.8, 4) is 22.5 Å². The van der Waals surface area contributed by atoms with Crippen LogP contribution in [0.5, 0.6) is 0 Å². The van der Waals surface area contributed by atoms with Gasteiger partial charge in [-0.25, -0.2) is 13.8 Å². The van der Waals surface area contributed by atoms with Gasteiger partial charge >= 0.3 is 0 Å². The van der Waals surface area contributed by atoms with Crippen molar-refractivity contribution >= 4 is 27.6 Å². The molecule has 2 aliphatic heterocycles. The second-order valence-electron chi connectivity index (χ2n) is 10.4. The van der Waals surface area contributed by atoms with Crippen molar-refractivity contribution < 1.29 is 8.78 Å². The van der Waals surface area contributed by atoms with E-state index < -0.39 is 5.92 Å². The number of aromatic amines is 2. The van der Waals surface area contributed by atoms with Gasteiger partial charge in [0.05, 0.1) is 35.8 Å². The zero-order valence-corrected chi connectivity index (χ0v) is 20.9. The Morgan fingerprint density at radius 2 is 1.71 bits per heavy atom. The molecule has 0 atom stereocenters. The molecular weight excluding hydrogens is 486 g/mol. The van der Waals surface area contributed by atoms with E-state index in [0.717, 1.165) is 63.1 Å². The van der Waals surface area contributed by atoms with Crippen molar-refractivity contribution in [2.24, 2.45) is 0 Å². The third kappa shape index (κ3) is 4.28. The molecule has 5 aromatic heterocycles. The number of hydrogen-bond donors (Lipinski definition) is 2. The summed E-state index contributed by atoms with van der Waals surface area (Å²) in [6.07, 6.45) is 12.7. The molecule has 0 amide bonds. The number of pyridine rings is 3. The summed E-state index contributed by atoms with van der Waals surface area (Å²) in [5.41, 5.74) is 7.21. The second-order valence-corrected chi connectivity index (χ2v) is 10.4. The Morgan fingerprint density at radius 3 is 2.55 bits per heavy atom. The minimum Gasteiger partial charge on any atom is -0.370 e. The topological polar surface area (TPSA) is 89.6 Å². The Hall–Kier alpha value is -3.92. The van der Waals surface area contributed by atoms with Crippen molar-refractivity contribution in [1.29, 1.82) is 0 Å². The minimum atomic E-state index is -2.61. The molecule has 38 heavy (non-hydrogen) atoms. The van der Waals surface area contributed by atoms with E-state index in [-0.39, 0.29) is 13.0 Å². The molecule has 0 spiro atoms. The number of rotatable bonds is 5. The number of halogens is 2. The monoisotopic (exact) mass is 514 g/mol. The van der Waals surface area contributed by atoms with Crippen LogP contribution in [-0.2, 0) is 6.54 Å². The lowest BCUT2D eigenvalue weighted by atomic mass is 10.1. The van der Waals surface area contributed by atoms with Crippen LogP contribution >= 0.6 is 0 Å². The summed E-state index contributed by atoms with van der Waals surface area (Å²) in [4.78, 5) is 21.2. The Kier molecular flexibility index (Phi) is 5.57. The van der Waals surface area contributed by atoms with Crippen LogP contribution in [0, 0.1) is 0 Å². The third-order valence-corrected chi connectivity index (χ3v) is 7.68. The first-order valence-electron chi connectivity index (χ1n) is 13.1. The number of likely N-dealkylation sites (tertiary alicyclic amines) is 1. The molecule has 0 radical (unpaired) electrons. The minimum absolute atomic E-state index is 0.0900. The Balaban J connectivity index is 1.22. The fraction of sp³-hybridized carbons (Fsp3) is 0.357. The zero-order valence-electron chi connectivity index (χ0n) is 20.9. The van der Waals surface area contributed by atoms with E-state index >= 15 is 0 Å². The Labute approximate surface area is 218 Å². The molecule has 2 saturated heterocycles. The molecule has 0 unspecified atom stereocenters. The average Bonchev–Trinajstić information content (AvgIpc) is 3.64. The highest BCUT2D eigenvalue weighted by Gasteiger charge is 2.37. The fourth-order valence-corrected chi connectivity index (χ4v) is 5.75. The fourth-order valence-electron chi connectivity index (χ4n) is 5.75. The van der Waals surface area contributed by atoms with Gasteiger partial charge in [-0.2, -0.15) is 5.10 Å². The highest BCUT2D eigenvalue weighted by atomic mass is 19.3. The number of nitrogens with one attached hydrogen (secondary N) is 2. The smallest absolute Gasteiger partial charge is 0.261 e. The van der Waals surface area contributed by atoms with E-state index in [1.54, 1.807) is 23.5 Å². The van der Waals surface area contributed by atoms with Crippen LogP contribution in [0.4, 0.5) is 14.5 Å². The maximum Gasteiger partial charge on any atom is 0.261 e. The van der Waals surface area contributed by atoms with Gasteiger partial charge in [-0.05, 0) is 43.0 Å². The largest absolute Gasteiger partial charge is 0.370 e. The van der Waals surface area contributed by atoms with Crippen LogP contribution in [0.25, 0.3) is 44.5 Å². The number of piperidine rings is 1. The predicted molar refractivity (Wildman–Crippen MR) is 143 cm³/mol.